The quantitative estimate of drug-likeness (QED) is 0.865. The van der Waals surface area contributed by atoms with Crippen molar-refractivity contribution in [2.45, 2.75) is 31.8 Å². The summed E-state index contributed by atoms with van der Waals surface area (Å²) in [5.74, 6) is -0.0159. The number of benzene rings is 1. The number of aryl methyl sites for hydroxylation is 1. The third-order valence-corrected chi connectivity index (χ3v) is 5.15. The Morgan fingerprint density at radius 1 is 1.33 bits per heavy atom. The Kier molecular flexibility index (Phi) is 3.80. The lowest BCUT2D eigenvalue weighted by atomic mass is 9.97. The lowest BCUT2D eigenvalue weighted by molar-refractivity contribution is -0.140. The summed E-state index contributed by atoms with van der Waals surface area (Å²) in [6.45, 7) is 2.02. The van der Waals surface area contributed by atoms with Gasteiger partial charge < -0.3 is 10.0 Å². The van der Waals surface area contributed by atoms with E-state index in [1.165, 1.54) is 16.7 Å². The van der Waals surface area contributed by atoms with E-state index in [-0.39, 0.29) is 12.1 Å². The molecule has 2 aliphatic rings. The van der Waals surface area contributed by atoms with Crippen LogP contribution >= 0.6 is 11.8 Å². The van der Waals surface area contributed by atoms with Gasteiger partial charge in [-0.25, -0.2) is 9.59 Å². The van der Waals surface area contributed by atoms with Crippen LogP contribution in [-0.4, -0.2) is 45.7 Å². The van der Waals surface area contributed by atoms with Crippen LogP contribution in [0, 0.1) is 0 Å². The summed E-state index contributed by atoms with van der Waals surface area (Å²) in [5, 5.41) is 9.27. The molecule has 5 nitrogen and oxygen atoms in total. The Morgan fingerprint density at radius 2 is 2.10 bits per heavy atom. The Hall–Kier alpha value is -1.69. The summed E-state index contributed by atoms with van der Waals surface area (Å²) < 4.78 is 0. The average molecular weight is 306 g/mol. The molecule has 1 N–H and O–H groups in total. The molecule has 1 fully saturated rings. The first-order chi connectivity index (χ1) is 10.1. The molecule has 0 saturated carbocycles. The summed E-state index contributed by atoms with van der Waals surface area (Å²) in [6.07, 6.45) is 1.86. The fraction of sp³-hybridized carbons (Fsp3) is 0.467. The van der Waals surface area contributed by atoms with Crippen molar-refractivity contribution in [1.29, 1.82) is 0 Å². The molecule has 112 valence electrons. The standard InChI is InChI=1S/C15H18N2O3S/c1-10-6-7-11-4-2-3-5-12(11)17(10)15(20)16-9-21-8-13(16)14(18)19/h2-5,10,13H,6-9H2,1H3,(H,18,19). The SMILES string of the molecule is CC1CCc2ccccc2N1C(=O)N1CSCC1C(=O)O. The zero-order chi connectivity index (χ0) is 15.0. The molecule has 0 bridgehead atoms. The van der Waals surface area contributed by atoms with Crippen LogP contribution in [0.5, 0.6) is 0 Å². The molecule has 1 saturated heterocycles. The van der Waals surface area contributed by atoms with Crippen molar-refractivity contribution in [2.75, 3.05) is 16.5 Å². The number of carboxylic acids is 1. The summed E-state index contributed by atoms with van der Waals surface area (Å²) >= 11 is 1.49. The fourth-order valence-corrected chi connectivity index (χ4v) is 4.09. The number of para-hydroxylation sites is 1. The summed E-state index contributed by atoms with van der Waals surface area (Å²) in [4.78, 5) is 27.4. The van der Waals surface area contributed by atoms with Crippen molar-refractivity contribution in [1.82, 2.24) is 4.90 Å². The van der Waals surface area contributed by atoms with Gasteiger partial charge in [-0.2, -0.15) is 0 Å². The second-order valence-corrected chi connectivity index (χ2v) is 6.49. The van der Waals surface area contributed by atoms with Gasteiger partial charge >= 0.3 is 12.0 Å². The molecule has 6 heteroatoms. The number of rotatable bonds is 1. The van der Waals surface area contributed by atoms with Gasteiger partial charge in [-0.1, -0.05) is 18.2 Å². The molecule has 2 atom stereocenters. The van der Waals surface area contributed by atoms with Gasteiger partial charge in [0.1, 0.15) is 6.04 Å². The van der Waals surface area contributed by atoms with E-state index in [9.17, 15) is 14.7 Å². The largest absolute Gasteiger partial charge is 0.480 e. The van der Waals surface area contributed by atoms with E-state index >= 15 is 0 Å². The van der Waals surface area contributed by atoms with Crippen LogP contribution in [-0.2, 0) is 11.2 Å². The van der Waals surface area contributed by atoms with Crippen molar-refractivity contribution >= 4 is 29.4 Å². The van der Waals surface area contributed by atoms with Crippen LogP contribution in [0.3, 0.4) is 0 Å². The minimum Gasteiger partial charge on any atom is -0.480 e. The van der Waals surface area contributed by atoms with Crippen LogP contribution in [0.1, 0.15) is 18.9 Å². The molecule has 2 unspecified atom stereocenters. The van der Waals surface area contributed by atoms with Crippen LogP contribution < -0.4 is 4.90 Å². The van der Waals surface area contributed by atoms with Crippen LogP contribution in [0.15, 0.2) is 24.3 Å². The fourth-order valence-electron chi connectivity index (χ4n) is 2.95. The Bertz CT molecular complexity index is 578. The van der Waals surface area contributed by atoms with Crippen molar-refractivity contribution in [3.05, 3.63) is 29.8 Å². The highest BCUT2D eigenvalue weighted by molar-refractivity contribution is 7.99. The summed E-state index contributed by atoms with van der Waals surface area (Å²) in [6, 6.07) is 7.06. The topological polar surface area (TPSA) is 60.9 Å². The predicted molar refractivity (Wildman–Crippen MR) is 82.7 cm³/mol. The lowest BCUT2D eigenvalue weighted by Crippen LogP contribution is -2.53. The number of urea groups is 1. The van der Waals surface area contributed by atoms with E-state index < -0.39 is 12.0 Å². The number of amides is 2. The molecule has 2 amide bonds. The van der Waals surface area contributed by atoms with E-state index in [1.54, 1.807) is 4.90 Å². The smallest absolute Gasteiger partial charge is 0.327 e. The monoisotopic (exact) mass is 306 g/mol. The Labute approximate surface area is 127 Å². The number of aliphatic carboxylic acids is 1. The second kappa shape index (κ2) is 5.60. The van der Waals surface area contributed by atoms with Crippen LogP contribution in [0.2, 0.25) is 0 Å². The maximum atomic E-state index is 12.9. The number of nitrogens with zero attached hydrogens (tertiary/aromatic N) is 2. The summed E-state index contributed by atoms with van der Waals surface area (Å²) in [7, 11) is 0. The molecular formula is C15H18N2O3S. The maximum absolute atomic E-state index is 12.9. The highest BCUT2D eigenvalue weighted by Gasteiger charge is 2.39. The Morgan fingerprint density at radius 3 is 2.86 bits per heavy atom. The number of carboxylic acid groups (broad SMARTS) is 1. The maximum Gasteiger partial charge on any atom is 0.327 e. The van der Waals surface area contributed by atoms with Gasteiger partial charge in [0.2, 0.25) is 0 Å². The first-order valence-corrected chi connectivity index (χ1v) is 8.23. The summed E-state index contributed by atoms with van der Waals surface area (Å²) in [5.41, 5.74) is 2.07. The molecule has 2 aliphatic heterocycles. The third kappa shape index (κ3) is 2.48. The number of thioether (sulfide) groups is 1. The molecule has 2 heterocycles. The zero-order valence-electron chi connectivity index (χ0n) is 11.9. The highest BCUT2D eigenvalue weighted by atomic mass is 32.2. The number of carbonyl (C=O) groups is 2. The van der Waals surface area contributed by atoms with Gasteiger partial charge in [0.15, 0.2) is 0 Å². The highest BCUT2D eigenvalue weighted by Crippen LogP contribution is 2.33. The first kappa shape index (κ1) is 14.3. The second-order valence-electron chi connectivity index (χ2n) is 5.49. The number of anilines is 1. The minimum atomic E-state index is -0.925. The van der Waals surface area contributed by atoms with E-state index in [0.29, 0.717) is 11.6 Å². The molecule has 21 heavy (non-hydrogen) atoms. The number of hydrogen-bond donors (Lipinski definition) is 1. The van der Waals surface area contributed by atoms with Gasteiger partial charge in [0.25, 0.3) is 0 Å². The third-order valence-electron chi connectivity index (χ3n) is 4.14. The molecule has 1 aromatic rings. The molecule has 0 aromatic heterocycles. The van der Waals surface area contributed by atoms with Gasteiger partial charge in [-0.15, -0.1) is 11.8 Å². The molecule has 0 spiro atoms. The van der Waals surface area contributed by atoms with Gasteiger partial charge in [0, 0.05) is 17.5 Å². The van der Waals surface area contributed by atoms with Crippen LogP contribution in [0.25, 0.3) is 0 Å². The minimum absolute atomic E-state index is 0.0902. The van der Waals surface area contributed by atoms with Gasteiger partial charge in [0.05, 0.1) is 5.88 Å². The van der Waals surface area contributed by atoms with E-state index in [2.05, 4.69) is 0 Å². The molecule has 3 rings (SSSR count). The average Bonchev–Trinajstić information content (AvgIpc) is 2.96. The molecule has 0 radical (unpaired) electrons. The van der Waals surface area contributed by atoms with Crippen molar-refractivity contribution < 1.29 is 14.7 Å². The van der Waals surface area contributed by atoms with E-state index in [4.69, 9.17) is 0 Å². The lowest BCUT2D eigenvalue weighted by Gasteiger charge is -2.38. The van der Waals surface area contributed by atoms with Crippen molar-refractivity contribution in [2.24, 2.45) is 0 Å². The van der Waals surface area contributed by atoms with Crippen molar-refractivity contribution in [3.8, 4) is 0 Å². The van der Waals surface area contributed by atoms with Gasteiger partial charge in [-0.3, -0.25) is 4.90 Å². The van der Waals surface area contributed by atoms with Gasteiger partial charge in [-0.05, 0) is 31.4 Å². The Balaban J connectivity index is 1.92. The predicted octanol–water partition coefficient (Wildman–Crippen LogP) is 2.41. The van der Waals surface area contributed by atoms with Crippen LogP contribution in [0.4, 0.5) is 10.5 Å². The zero-order valence-corrected chi connectivity index (χ0v) is 12.7. The molecular weight excluding hydrogens is 288 g/mol. The number of carbonyl (C=O) groups excluding carboxylic acids is 1. The first-order valence-electron chi connectivity index (χ1n) is 7.08. The normalized spacial score (nSPS) is 24.8. The molecule has 0 aliphatic carbocycles. The number of hydrogen-bond acceptors (Lipinski definition) is 3. The number of fused-ring (bicyclic) bond motifs is 1. The van der Waals surface area contributed by atoms with E-state index in [0.717, 1.165) is 24.1 Å². The van der Waals surface area contributed by atoms with E-state index in [1.807, 2.05) is 31.2 Å². The molecule has 1 aromatic carbocycles. The van der Waals surface area contributed by atoms with Crippen molar-refractivity contribution in [3.63, 3.8) is 0 Å².